The van der Waals surface area contributed by atoms with Gasteiger partial charge in [-0.25, -0.2) is 0 Å². The fourth-order valence-electron chi connectivity index (χ4n) is 1.05. The van der Waals surface area contributed by atoms with Gasteiger partial charge in [0.05, 0.1) is 12.0 Å². The molecule has 0 spiro atoms. The molecule has 0 heterocycles. The summed E-state index contributed by atoms with van der Waals surface area (Å²) in [4.78, 5) is 10.3. The number of carboxylic acid groups (broad SMARTS) is 1. The number of aliphatic carboxylic acids is 1. The van der Waals surface area contributed by atoms with Crippen LogP contribution >= 0.6 is 0 Å². The van der Waals surface area contributed by atoms with E-state index in [4.69, 9.17) is 20.4 Å². The number of hydrogen-bond acceptors (Lipinski definition) is 6. The van der Waals surface area contributed by atoms with Gasteiger partial charge in [0.25, 0.3) is 0 Å². The molecule has 0 saturated heterocycles. The number of hydrogen-bond donors (Lipinski definition) is 6. The standard InChI is InChI=1S/C8H8O7/c9-3(10)1-2-4(11)6(13)8(15)7(14)5(2)12/h11-15H,1H2,(H,9,10). The molecule has 0 atom stereocenters. The predicted octanol–water partition coefficient (Wildman–Crippen LogP) is -0.158. The molecule has 15 heavy (non-hydrogen) atoms. The lowest BCUT2D eigenvalue weighted by Crippen LogP contribution is -2.01. The van der Waals surface area contributed by atoms with Crippen LogP contribution in [0.15, 0.2) is 0 Å². The highest BCUT2D eigenvalue weighted by atomic mass is 16.4. The zero-order valence-electron chi connectivity index (χ0n) is 7.30. The minimum atomic E-state index is -1.38. The van der Waals surface area contributed by atoms with Gasteiger partial charge < -0.3 is 30.6 Å². The van der Waals surface area contributed by atoms with Crippen molar-refractivity contribution in [2.45, 2.75) is 6.42 Å². The van der Waals surface area contributed by atoms with Crippen molar-refractivity contribution in [2.75, 3.05) is 0 Å². The molecule has 1 aromatic carbocycles. The molecular weight excluding hydrogens is 208 g/mol. The fourth-order valence-corrected chi connectivity index (χ4v) is 1.05. The Balaban J connectivity index is 3.45. The maximum absolute atomic E-state index is 10.3. The number of phenols is 5. The summed E-state index contributed by atoms with van der Waals surface area (Å²) in [6.07, 6.45) is -0.806. The Labute approximate surface area is 83.1 Å². The number of carbonyl (C=O) groups is 1. The smallest absolute Gasteiger partial charge is 0.308 e. The van der Waals surface area contributed by atoms with Gasteiger partial charge in [-0.2, -0.15) is 0 Å². The van der Waals surface area contributed by atoms with Crippen LogP contribution in [0.3, 0.4) is 0 Å². The molecule has 0 unspecified atom stereocenters. The first-order valence-electron chi connectivity index (χ1n) is 3.75. The van der Waals surface area contributed by atoms with Crippen LogP contribution in [0.2, 0.25) is 0 Å². The summed E-state index contributed by atoms with van der Waals surface area (Å²) in [5, 5.41) is 53.8. The normalized spacial score (nSPS) is 10.1. The van der Waals surface area contributed by atoms with Crippen molar-refractivity contribution in [2.24, 2.45) is 0 Å². The number of rotatable bonds is 2. The van der Waals surface area contributed by atoms with Crippen molar-refractivity contribution in [1.29, 1.82) is 0 Å². The van der Waals surface area contributed by atoms with Gasteiger partial charge in [0.15, 0.2) is 11.5 Å². The van der Waals surface area contributed by atoms with Crippen LogP contribution in [-0.2, 0) is 11.2 Å². The maximum Gasteiger partial charge on any atom is 0.308 e. The molecule has 0 aromatic heterocycles. The second-order valence-electron chi connectivity index (χ2n) is 2.79. The Morgan fingerprint density at radius 2 is 1.13 bits per heavy atom. The van der Waals surface area contributed by atoms with Crippen molar-refractivity contribution >= 4 is 5.97 Å². The molecule has 82 valence electrons. The quantitative estimate of drug-likeness (QED) is 0.298. The molecule has 0 aliphatic rings. The molecule has 0 aliphatic heterocycles. The van der Waals surface area contributed by atoms with E-state index in [1.54, 1.807) is 0 Å². The molecule has 0 fully saturated rings. The van der Waals surface area contributed by atoms with Crippen LogP contribution in [-0.4, -0.2) is 36.6 Å². The fraction of sp³-hybridized carbons (Fsp3) is 0.125. The molecule has 7 heteroatoms. The molecule has 1 aromatic rings. The Morgan fingerprint density at radius 1 is 0.800 bits per heavy atom. The van der Waals surface area contributed by atoms with E-state index in [0.29, 0.717) is 0 Å². The van der Waals surface area contributed by atoms with E-state index < -0.39 is 46.7 Å². The summed E-state index contributed by atoms with van der Waals surface area (Å²) >= 11 is 0. The van der Waals surface area contributed by atoms with Crippen molar-refractivity contribution in [1.82, 2.24) is 0 Å². The highest BCUT2D eigenvalue weighted by Gasteiger charge is 2.24. The van der Waals surface area contributed by atoms with Gasteiger partial charge in [0, 0.05) is 0 Å². The van der Waals surface area contributed by atoms with Gasteiger partial charge >= 0.3 is 5.97 Å². The monoisotopic (exact) mass is 216 g/mol. The molecule has 0 radical (unpaired) electrons. The Morgan fingerprint density at radius 3 is 1.47 bits per heavy atom. The first kappa shape index (κ1) is 10.8. The second kappa shape index (κ2) is 3.45. The Bertz CT molecular complexity index is 394. The van der Waals surface area contributed by atoms with Gasteiger partial charge in [0.1, 0.15) is 0 Å². The lowest BCUT2D eigenvalue weighted by Gasteiger charge is -2.10. The van der Waals surface area contributed by atoms with Gasteiger partial charge in [0.2, 0.25) is 17.2 Å². The third kappa shape index (κ3) is 1.66. The summed E-state index contributed by atoms with van der Waals surface area (Å²) < 4.78 is 0. The maximum atomic E-state index is 10.3. The molecule has 0 bridgehead atoms. The van der Waals surface area contributed by atoms with Crippen LogP contribution < -0.4 is 0 Å². The highest BCUT2D eigenvalue weighted by molar-refractivity contribution is 5.77. The minimum Gasteiger partial charge on any atom is -0.504 e. The molecule has 0 amide bonds. The van der Waals surface area contributed by atoms with E-state index in [2.05, 4.69) is 0 Å². The largest absolute Gasteiger partial charge is 0.504 e. The average Bonchev–Trinajstić information content (AvgIpc) is 2.18. The van der Waals surface area contributed by atoms with Crippen molar-refractivity contribution in [3.8, 4) is 28.7 Å². The van der Waals surface area contributed by atoms with E-state index in [0.717, 1.165) is 0 Å². The zero-order chi connectivity index (χ0) is 11.7. The predicted molar refractivity (Wildman–Crippen MR) is 46.1 cm³/mol. The van der Waals surface area contributed by atoms with Crippen molar-refractivity contribution in [3.63, 3.8) is 0 Å². The van der Waals surface area contributed by atoms with Crippen molar-refractivity contribution in [3.05, 3.63) is 5.56 Å². The first-order valence-corrected chi connectivity index (χ1v) is 3.75. The van der Waals surface area contributed by atoms with Gasteiger partial charge in [-0.15, -0.1) is 0 Å². The molecule has 6 N–H and O–H groups in total. The van der Waals surface area contributed by atoms with E-state index in [9.17, 15) is 15.0 Å². The Hall–Kier alpha value is -2.31. The van der Waals surface area contributed by atoms with Gasteiger partial charge in [-0.1, -0.05) is 0 Å². The summed E-state index contributed by atoms with van der Waals surface area (Å²) in [5.74, 6) is -6.62. The second-order valence-corrected chi connectivity index (χ2v) is 2.79. The summed E-state index contributed by atoms with van der Waals surface area (Å²) in [5.41, 5.74) is -0.574. The number of carboxylic acids is 1. The third-order valence-electron chi connectivity index (χ3n) is 1.80. The Kier molecular flexibility index (Phi) is 2.47. The lowest BCUT2D eigenvalue weighted by atomic mass is 10.1. The molecule has 0 saturated carbocycles. The van der Waals surface area contributed by atoms with Crippen LogP contribution in [0.25, 0.3) is 0 Å². The summed E-state index contributed by atoms with van der Waals surface area (Å²) in [7, 11) is 0. The van der Waals surface area contributed by atoms with E-state index in [1.807, 2.05) is 0 Å². The number of phenolic OH excluding ortho intramolecular Hbond substituents is 5. The first-order chi connectivity index (χ1) is 6.86. The minimum absolute atomic E-state index is 0.574. The van der Waals surface area contributed by atoms with E-state index in [1.165, 1.54) is 0 Å². The van der Waals surface area contributed by atoms with Crippen molar-refractivity contribution < 1.29 is 35.4 Å². The molecular formula is C8H8O7. The molecule has 0 aliphatic carbocycles. The molecule has 7 nitrogen and oxygen atoms in total. The average molecular weight is 216 g/mol. The van der Waals surface area contributed by atoms with E-state index >= 15 is 0 Å². The van der Waals surface area contributed by atoms with Gasteiger partial charge in [-0.05, 0) is 0 Å². The van der Waals surface area contributed by atoms with Crippen LogP contribution in [0.1, 0.15) is 5.56 Å². The zero-order valence-corrected chi connectivity index (χ0v) is 7.30. The lowest BCUT2D eigenvalue weighted by molar-refractivity contribution is -0.136. The van der Waals surface area contributed by atoms with E-state index in [-0.39, 0.29) is 0 Å². The van der Waals surface area contributed by atoms with Gasteiger partial charge in [-0.3, -0.25) is 4.79 Å². The van der Waals surface area contributed by atoms with Crippen LogP contribution in [0, 0.1) is 0 Å². The third-order valence-corrected chi connectivity index (χ3v) is 1.80. The summed E-state index contributed by atoms with van der Waals surface area (Å²) in [6.45, 7) is 0. The number of benzene rings is 1. The van der Waals surface area contributed by atoms with Crippen LogP contribution in [0.5, 0.6) is 28.7 Å². The number of aromatic hydroxyl groups is 5. The topological polar surface area (TPSA) is 138 Å². The summed E-state index contributed by atoms with van der Waals surface area (Å²) in [6, 6.07) is 0. The SMILES string of the molecule is O=C(O)Cc1c(O)c(O)c(O)c(O)c1O. The van der Waals surface area contributed by atoms with Crippen LogP contribution in [0.4, 0.5) is 0 Å². The highest BCUT2D eigenvalue weighted by Crippen LogP contribution is 2.50. The molecule has 1 rings (SSSR count).